The molecule has 1 fully saturated rings. The Labute approximate surface area is 123 Å². The van der Waals surface area contributed by atoms with Crippen molar-refractivity contribution in [3.05, 3.63) is 0 Å². The van der Waals surface area contributed by atoms with Gasteiger partial charge in [0.1, 0.15) is 0 Å². The largest absolute Gasteiger partial charge is 0.370 e. The minimum absolute atomic E-state index is 0. The van der Waals surface area contributed by atoms with Crippen molar-refractivity contribution in [3.63, 3.8) is 0 Å². The number of hydrogen-bond donors (Lipinski definition) is 2. The summed E-state index contributed by atoms with van der Waals surface area (Å²) in [6.45, 7) is 8.42. The zero-order valence-corrected chi connectivity index (χ0v) is 13.8. The molecule has 3 nitrogen and oxygen atoms in total. The fourth-order valence-corrected chi connectivity index (χ4v) is 2.31. The predicted molar refractivity (Wildman–Crippen MR) is 85.9 cm³/mol. The van der Waals surface area contributed by atoms with Gasteiger partial charge in [0.05, 0.1) is 0 Å². The van der Waals surface area contributed by atoms with E-state index in [1.807, 2.05) is 0 Å². The molecule has 0 radical (unpaired) electrons. The normalized spacial score (nSPS) is 18.5. The Morgan fingerprint density at radius 2 is 2.06 bits per heavy atom. The second-order valence-corrected chi connectivity index (χ2v) is 5.58. The number of hydrogen-bond acceptors (Lipinski definition) is 1. The summed E-state index contributed by atoms with van der Waals surface area (Å²) in [5.74, 6) is 1.23. The Kier molecular flexibility index (Phi) is 8.16. The molecule has 1 aliphatic carbocycles. The van der Waals surface area contributed by atoms with Crippen LogP contribution in [-0.4, -0.2) is 19.0 Å². The van der Waals surface area contributed by atoms with Crippen LogP contribution in [0.5, 0.6) is 0 Å². The van der Waals surface area contributed by atoms with Gasteiger partial charge in [-0.15, -0.1) is 24.0 Å². The van der Waals surface area contributed by atoms with Crippen LogP contribution in [0.25, 0.3) is 0 Å². The fourth-order valence-electron chi connectivity index (χ4n) is 2.31. The van der Waals surface area contributed by atoms with Crippen molar-refractivity contribution >= 4 is 29.9 Å². The second kappa shape index (κ2) is 8.16. The minimum atomic E-state index is 0. The summed E-state index contributed by atoms with van der Waals surface area (Å²) in [5, 5.41) is 3.17. The second-order valence-electron chi connectivity index (χ2n) is 5.58. The molecule has 0 aromatic rings. The third kappa shape index (κ3) is 5.93. The maximum atomic E-state index is 5.84. The van der Waals surface area contributed by atoms with Crippen molar-refractivity contribution < 1.29 is 0 Å². The van der Waals surface area contributed by atoms with Gasteiger partial charge in [-0.25, -0.2) is 0 Å². The van der Waals surface area contributed by atoms with Gasteiger partial charge in [-0.2, -0.15) is 0 Å². The lowest BCUT2D eigenvalue weighted by atomic mass is 9.66. The highest BCUT2D eigenvalue weighted by molar-refractivity contribution is 14.0. The topological polar surface area (TPSA) is 50.4 Å². The van der Waals surface area contributed by atoms with Crippen molar-refractivity contribution in [2.75, 3.05) is 13.1 Å². The first-order chi connectivity index (χ1) is 7.58. The summed E-state index contributed by atoms with van der Waals surface area (Å²) >= 11 is 0. The summed E-state index contributed by atoms with van der Waals surface area (Å²) < 4.78 is 0. The highest BCUT2D eigenvalue weighted by Gasteiger charge is 2.35. The first kappa shape index (κ1) is 17.0. The van der Waals surface area contributed by atoms with E-state index in [1.54, 1.807) is 0 Å². The van der Waals surface area contributed by atoms with Crippen molar-refractivity contribution in [2.45, 2.75) is 52.9 Å². The van der Waals surface area contributed by atoms with Gasteiger partial charge in [0.15, 0.2) is 5.96 Å². The van der Waals surface area contributed by atoms with Gasteiger partial charge in [-0.05, 0) is 30.6 Å². The number of guanidine groups is 1. The van der Waals surface area contributed by atoms with Gasteiger partial charge in [0.25, 0.3) is 0 Å². The van der Waals surface area contributed by atoms with Crippen LogP contribution in [0.3, 0.4) is 0 Å². The number of nitrogens with one attached hydrogen (secondary N) is 1. The first-order valence-electron chi connectivity index (χ1n) is 6.62. The molecule has 0 spiro atoms. The van der Waals surface area contributed by atoms with Crippen LogP contribution >= 0.6 is 24.0 Å². The quantitative estimate of drug-likeness (QED) is 0.438. The molecule has 4 heteroatoms. The molecule has 17 heavy (non-hydrogen) atoms. The van der Waals surface area contributed by atoms with Crippen LogP contribution in [0.15, 0.2) is 4.99 Å². The lowest BCUT2D eigenvalue weighted by Gasteiger charge is -2.40. The zero-order chi connectivity index (χ0) is 12.0. The van der Waals surface area contributed by atoms with Crippen LogP contribution in [0, 0.1) is 11.3 Å². The van der Waals surface area contributed by atoms with E-state index in [2.05, 4.69) is 31.1 Å². The Balaban J connectivity index is 0.00000256. The van der Waals surface area contributed by atoms with E-state index in [0.29, 0.717) is 17.3 Å². The average molecular weight is 353 g/mol. The summed E-state index contributed by atoms with van der Waals surface area (Å²) in [7, 11) is 0. The van der Waals surface area contributed by atoms with Gasteiger partial charge < -0.3 is 11.1 Å². The maximum Gasteiger partial charge on any atom is 0.188 e. The SMILES string of the molecule is CCCC1(CN=C(N)NCC(C)C)CCC1.I. The van der Waals surface area contributed by atoms with Crippen LogP contribution in [0.4, 0.5) is 0 Å². The molecule has 102 valence electrons. The third-order valence-corrected chi connectivity index (χ3v) is 3.47. The lowest BCUT2D eigenvalue weighted by molar-refractivity contribution is 0.130. The zero-order valence-electron chi connectivity index (χ0n) is 11.5. The first-order valence-corrected chi connectivity index (χ1v) is 6.62. The van der Waals surface area contributed by atoms with E-state index in [-0.39, 0.29) is 24.0 Å². The Bertz CT molecular complexity index is 235. The van der Waals surface area contributed by atoms with Crippen molar-refractivity contribution in [3.8, 4) is 0 Å². The smallest absolute Gasteiger partial charge is 0.188 e. The lowest BCUT2D eigenvalue weighted by Crippen LogP contribution is -2.38. The molecule has 0 unspecified atom stereocenters. The van der Waals surface area contributed by atoms with Crippen LogP contribution < -0.4 is 11.1 Å². The number of halogens is 1. The number of nitrogens with two attached hydrogens (primary N) is 1. The summed E-state index contributed by atoms with van der Waals surface area (Å²) in [6.07, 6.45) is 6.60. The summed E-state index contributed by atoms with van der Waals surface area (Å²) in [4.78, 5) is 4.49. The Morgan fingerprint density at radius 1 is 1.41 bits per heavy atom. The molecule has 0 bridgehead atoms. The Hall–Kier alpha value is 0. The van der Waals surface area contributed by atoms with Gasteiger partial charge in [-0.1, -0.05) is 33.6 Å². The number of nitrogens with zero attached hydrogens (tertiary/aromatic N) is 1. The maximum absolute atomic E-state index is 5.84. The summed E-state index contributed by atoms with van der Waals surface area (Å²) in [6, 6.07) is 0. The van der Waals surface area contributed by atoms with E-state index < -0.39 is 0 Å². The molecular weight excluding hydrogens is 325 g/mol. The van der Waals surface area contributed by atoms with Crippen LogP contribution in [-0.2, 0) is 0 Å². The molecule has 3 N–H and O–H groups in total. The highest BCUT2D eigenvalue weighted by atomic mass is 127. The van der Waals surface area contributed by atoms with Crippen LogP contribution in [0.2, 0.25) is 0 Å². The molecule has 1 rings (SSSR count). The fraction of sp³-hybridized carbons (Fsp3) is 0.923. The van der Waals surface area contributed by atoms with Gasteiger partial charge in [0, 0.05) is 13.1 Å². The van der Waals surface area contributed by atoms with Gasteiger partial charge in [-0.3, -0.25) is 4.99 Å². The van der Waals surface area contributed by atoms with E-state index in [1.165, 1.54) is 32.1 Å². The standard InChI is InChI=1S/C13H27N3.HI/c1-4-6-13(7-5-8-13)10-16-12(14)15-9-11(2)3;/h11H,4-10H2,1-3H3,(H3,14,15,16);1H. The van der Waals surface area contributed by atoms with Gasteiger partial charge >= 0.3 is 0 Å². The van der Waals surface area contributed by atoms with Crippen LogP contribution in [0.1, 0.15) is 52.9 Å². The molecule has 0 heterocycles. The third-order valence-electron chi connectivity index (χ3n) is 3.47. The molecule has 1 aliphatic rings. The van der Waals surface area contributed by atoms with Gasteiger partial charge in [0.2, 0.25) is 0 Å². The molecule has 0 atom stereocenters. The van der Waals surface area contributed by atoms with E-state index in [9.17, 15) is 0 Å². The van der Waals surface area contributed by atoms with E-state index in [4.69, 9.17) is 5.73 Å². The van der Waals surface area contributed by atoms with Crippen molar-refractivity contribution in [2.24, 2.45) is 22.1 Å². The molecule has 0 aromatic carbocycles. The monoisotopic (exact) mass is 353 g/mol. The Morgan fingerprint density at radius 3 is 2.47 bits per heavy atom. The van der Waals surface area contributed by atoms with Crippen molar-refractivity contribution in [1.29, 1.82) is 0 Å². The molecule has 0 aromatic heterocycles. The number of aliphatic imine (C=N–C) groups is 1. The molecular formula is C13H28IN3. The number of rotatable bonds is 6. The van der Waals surface area contributed by atoms with Crippen molar-refractivity contribution in [1.82, 2.24) is 5.32 Å². The average Bonchev–Trinajstić information content (AvgIpc) is 2.18. The highest BCUT2D eigenvalue weighted by Crippen LogP contribution is 2.44. The summed E-state index contributed by atoms with van der Waals surface area (Å²) in [5.41, 5.74) is 6.33. The molecule has 1 saturated carbocycles. The molecule has 0 saturated heterocycles. The molecule has 0 aliphatic heterocycles. The minimum Gasteiger partial charge on any atom is -0.370 e. The predicted octanol–water partition coefficient (Wildman–Crippen LogP) is 3.14. The van der Waals surface area contributed by atoms with E-state index >= 15 is 0 Å². The molecule has 0 amide bonds. The van der Waals surface area contributed by atoms with E-state index in [0.717, 1.165) is 13.1 Å².